The Kier molecular flexibility index (Phi) is 8.48. The Morgan fingerprint density at radius 2 is 2.03 bits per heavy atom. The van der Waals surface area contributed by atoms with Gasteiger partial charge in [-0.3, -0.25) is 14.4 Å². The fraction of sp³-hybridized carbons (Fsp3) is 0.368. The molecule has 0 radical (unpaired) electrons. The molecule has 0 aliphatic carbocycles. The van der Waals surface area contributed by atoms with Gasteiger partial charge in [-0.2, -0.15) is 0 Å². The third-order valence-electron chi connectivity index (χ3n) is 3.50. The molecule has 2 aromatic rings. The highest BCUT2D eigenvalue weighted by molar-refractivity contribution is 8.00. The lowest BCUT2D eigenvalue weighted by Gasteiger charge is -2.11. The van der Waals surface area contributed by atoms with Crippen LogP contribution in [0.2, 0.25) is 5.02 Å². The number of halogens is 1. The second-order valence-electron chi connectivity index (χ2n) is 6.25. The molecule has 2 rings (SSSR count). The van der Waals surface area contributed by atoms with Gasteiger partial charge in [0.15, 0.2) is 5.78 Å². The minimum atomic E-state index is -0.989. The average Bonchev–Trinajstić information content (AvgIpc) is 3.05. The van der Waals surface area contributed by atoms with E-state index >= 15 is 0 Å². The Bertz CT molecular complexity index is 914. The number of ketones is 1. The molecule has 0 fully saturated rings. The maximum atomic E-state index is 13.0. The number of rotatable bonds is 10. The number of nitrogens with zero attached hydrogens (tertiary/aromatic N) is 1. The van der Waals surface area contributed by atoms with Crippen molar-refractivity contribution in [3.63, 3.8) is 0 Å². The number of nitrogens with one attached hydrogen (secondary N) is 1. The number of amides is 1. The maximum absolute atomic E-state index is 13.0. The number of carboxylic acids is 1. The predicted molar refractivity (Wildman–Crippen MR) is 116 cm³/mol. The normalized spacial score (nSPS) is 10.8. The lowest BCUT2D eigenvalue weighted by molar-refractivity contribution is -0.133. The molecular formula is C19H21ClN2O5S2. The van der Waals surface area contributed by atoms with E-state index in [1.54, 1.807) is 6.07 Å². The first-order chi connectivity index (χ1) is 13.7. The Morgan fingerprint density at radius 1 is 1.31 bits per heavy atom. The van der Waals surface area contributed by atoms with Gasteiger partial charge in [0, 0.05) is 16.6 Å². The van der Waals surface area contributed by atoms with E-state index in [0.29, 0.717) is 17.0 Å². The molecule has 10 heteroatoms. The van der Waals surface area contributed by atoms with Crippen LogP contribution in [0.25, 0.3) is 0 Å². The van der Waals surface area contributed by atoms with Gasteiger partial charge in [-0.15, -0.1) is 23.1 Å². The molecule has 1 amide bonds. The summed E-state index contributed by atoms with van der Waals surface area (Å²) in [5.74, 6) is -1.61. The van der Waals surface area contributed by atoms with Crippen molar-refractivity contribution in [3.8, 4) is 5.88 Å². The zero-order valence-electron chi connectivity index (χ0n) is 16.2. The molecular weight excluding hydrogens is 436 g/mol. The molecule has 2 aromatic heterocycles. The first-order valence-corrected chi connectivity index (χ1v) is 11.1. The van der Waals surface area contributed by atoms with Crippen LogP contribution in [-0.4, -0.2) is 45.4 Å². The first kappa shape index (κ1) is 23.2. The van der Waals surface area contributed by atoms with Gasteiger partial charge in [0.25, 0.3) is 0 Å². The molecule has 0 aliphatic rings. The Hall–Kier alpha value is -2.10. The summed E-state index contributed by atoms with van der Waals surface area (Å²) < 4.78 is 5.48. The van der Waals surface area contributed by atoms with Crippen LogP contribution in [-0.2, 0) is 16.0 Å². The maximum Gasteiger partial charge on any atom is 0.313 e. The number of carboxylic acid groups (broad SMARTS) is 1. The van der Waals surface area contributed by atoms with E-state index in [1.807, 2.05) is 20.8 Å². The van der Waals surface area contributed by atoms with Crippen LogP contribution in [0.4, 0.5) is 5.00 Å². The summed E-state index contributed by atoms with van der Waals surface area (Å²) in [7, 11) is 0. The van der Waals surface area contributed by atoms with E-state index in [1.165, 1.54) is 23.6 Å². The summed E-state index contributed by atoms with van der Waals surface area (Å²) in [5, 5.41) is 12.0. The second-order valence-corrected chi connectivity index (χ2v) is 8.78. The number of ether oxygens (including phenoxy) is 1. The molecule has 0 aromatic carbocycles. The number of hydrogen-bond acceptors (Lipinski definition) is 7. The largest absolute Gasteiger partial charge is 0.481 e. The van der Waals surface area contributed by atoms with Gasteiger partial charge in [0.05, 0.1) is 23.2 Å². The van der Waals surface area contributed by atoms with Gasteiger partial charge in [-0.05, 0) is 32.4 Å². The molecule has 0 saturated carbocycles. The number of hydrogen-bond donors (Lipinski definition) is 2. The average molecular weight is 457 g/mol. The van der Waals surface area contributed by atoms with Gasteiger partial charge in [-0.25, -0.2) is 4.98 Å². The molecule has 2 N–H and O–H groups in total. The molecule has 156 valence electrons. The molecule has 0 aliphatic heterocycles. The number of aryl methyl sites for hydroxylation is 1. The monoisotopic (exact) mass is 456 g/mol. The quantitative estimate of drug-likeness (QED) is 0.517. The van der Waals surface area contributed by atoms with Crippen LogP contribution in [0, 0.1) is 0 Å². The van der Waals surface area contributed by atoms with Gasteiger partial charge in [-0.1, -0.05) is 18.5 Å². The van der Waals surface area contributed by atoms with Crippen LogP contribution >= 0.6 is 34.7 Å². The van der Waals surface area contributed by atoms with Crippen LogP contribution < -0.4 is 10.1 Å². The Labute approximate surface area is 181 Å². The van der Waals surface area contributed by atoms with Crippen LogP contribution in [0.15, 0.2) is 18.3 Å². The Balaban J connectivity index is 2.21. The number of pyridine rings is 1. The molecule has 0 bridgehead atoms. The topological polar surface area (TPSA) is 106 Å². The first-order valence-electron chi connectivity index (χ1n) is 8.80. The van der Waals surface area contributed by atoms with E-state index in [2.05, 4.69) is 10.3 Å². The highest BCUT2D eigenvalue weighted by Crippen LogP contribution is 2.32. The fourth-order valence-corrected chi connectivity index (χ4v) is 4.04. The molecule has 0 unspecified atom stereocenters. The van der Waals surface area contributed by atoms with E-state index in [0.717, 1.165) is 16.6 Å². The number of carbonyl (C=O) groups excluding carboxylic acids is 2. The van der Waals surface area contributed by atoms with E-state index in [-0.39, 0.29) is 45.8 Å². The van der Waals surface area contributed by atoms with Gasteiger partial charge >= 0.3 is 5.97 Å². The fourth-order valence-electron chi connectivity index (χ4n) is 2.29. The van der Waals surface area contributed by atoms with Gasteiger partial charge < -0.3 is 15.2 Å². The smallest absolute Gasteiger partial charge is 0.313 e. The predicted octanol–water partition coefficient (Wildman–Crippen LogP) is 4.13. The Morgan fingerprint density at radius 3 is 2.62 bits per heavy atom. The summed E-state index contributed by atoms with van der Waals surface area (Å²) >= 11 is 8.48. The van der Waals surface area contributed by atoms with Gasteiger partial charge in [0.2, 0.25) is 11.8 Å². The summed E-state index contributed by atoms with van der Waals surface area (Å²) in [6, 6.07) is 3.23. The number of anilines is 1. The SMILES string of the molecule is CCc1cc(C(=O)c2cnc(OC(C)C)c(Cl)c2)c(NC(=O)CSCC(=O)O)s1. The highest BCUT2D eigenvalue weighted by Gasteiger charge is 2.21. The van der Waals surface area contributed by atoms with Crippen molar-refractivity contribution < 1.29 is 24.2 Å². The van der Waals surface area contributed by atoms with E-state index in [4.69, 9.17) is 21.4 Å². The summed E-state index contributed by atoms with van der Waals surface area (Å²) in [6.07, 6.45) is 1.99. The minimum absolute atomic E-state index is 0.0199. The third kappa shape index (κ3) is 6.73. The molecule has 0 saturated heterocycles. The number of thiophene rings is 1. The van der Waals surface area contributed by atoms with Crippen molar-refractivity contribution in [1.29, 1.82) is 0 Å². The summed E-state index contributed by atoms with van der Waals surface area (Å²) in [4.78, 5) is 40.7. The summed E-state index contributed by atoms with van der Waals surface area (Å²) in [6.45, 7) is 5.64. The van der Waals surface area contributed by atoms with Crippen molar-refractivity contribution in [2.75, 3.05) is 16.8 Å². The van der Waals surface area contributed by atoms with Gasteiger partial charge in [0.1, 0.15) is 10.0 Å². The van der Waals surface area contributed by atoms with E-state index < -0.39 is 5.97 Å². The molecule has 7 nitrogen and oxygen atoms in total. The molecule has 0 spiro atoms. The van der Waals surface area contributed by atoms with E-state index in [9.17, 15) is 14.4 Å². The molecule has 0 atom stereocenters. The lowest BCUT2D eigenvalue weighted by Crippen LogP contribution is -2.16. The van der Waals surface area contributed by atoms with Crippen molar-refractivity contribution in [2.45, 2.75) is 33.3 Å². The van der Waals surface area contributed by atoms with Crippen LogP contribution in [0.1, 0.15) is 41.6 Å². The second kappa shape index (κ2) is 10.6. The van der Waals surface area contributed by atoms with Crippen molar-refractivity contribution in [1.82, 2.24) is 4.98 Å². The zero-order chi connectivity index (χ0) is 21.6. The lowest BCUT2D eigenvalue weighted by atomic mass is 10.1. The molecule has 29 heavy (non-hydrogen) atoms. The highest BCUT2D eigenvalue weighted by atomic mass is 35.5. The number of thioether (sulfide) groups is 1. The van der Waals surface area contributed by atoms with Crippen LogP contribution in [0.5, 0.6) is 5.88 Å². The van der Waals surface area contributed by atoms with Crippen LogP contribution in [0.3, 0.4) is 0 Å². The minimum Gasteiger partial charge on any atom is -0.481 e. The zero-order valence-corrected chi connectivity index (χ0v) is 18.5. The number of aliphatic carboxylic acids is 1. The van der Waals surface area contributed by atoms with Crippen molar-refractivity contribution >= 4 is 57.4 Å². The molecule has 2 heterocycles. The standard InChI is InChI=1S/C19H21ClN2O5S2/c1-4-12-6-13(19(29-12)22-15(23)8-28-9-16(24)25)17(26)11-5-14(20)18(21-7-11)27-10(2)3/h5-7,10H,4,8-9H2,1-3H3,(H,22,23)(H,24,25). The van der Waals surface area contributed by atoms with Crippen molar-refractivity contribution in [3.05, 3.63) is 39.4 Å². The summed E-state index contributed by atoms with van der Waals surface area (Å²) in [5.41, 5.74) is 0.626. The number of aromatic nitrogens is 1. The number of carbonyl (C=O) groups is 3. The third-order valence-corrected chi connectivity index (χ3v) is 5.89. The van der Waals surface area contributed by atoms with Crippen molar-refractivity contribution in [2.24, 2.45) is 0 Å².